The third-order valence-corrected chi connectivity index (χ3v) is 9.04. The molecular formula is C34H39N7O. The highest BCUT2D eigenvalue weighted by Crippen LogP contribution is 2.38. The number of piperidine rings is 1. The second-order valence-electron chi connectivity index (χ2n) is 11.5. The molecule has 216 valence electrons. The first-order valence-electron chi connectivity index (χ1n) is 15.3. The molecule has 4 aromatic heterocycles. The van der Waals surface area contributed by atoms with Crippen LogP contribution in [0.3, 0.4) is 0 Å². The van der Waals surface area contributed by atoms with Crippen LogP contribution < -0.4 is 9.80 Å². The maximum atomic E-state index is 5.64. The molecule has 0 unspecified atom stereocenters. The predicted molar refractivity (Wildman–Crippen MR) is 169 cm³/mol. The van der Waals surface area contributed by atoms with E-state index in [0.717, 1.165) is 99.0 Å². The van der Waals surface area contributed by atoms with Gasteiger partial charge in [0.05, 0.1) is 12.0 Å². The molecule has 0 spiro atoms. The lowest BCUT2D eigenvalue weighted by Gasteiger charge is -2.33. The molecule has 2 N–H and O–H groups in total. The number of fused-ring (bicyclic) bond motifs is 1. The topological polar surface area (TPSA) is 86.0 Å². The van der Waals surface area contributed by atoms with E-state index in [-0.39, 0.29) is 0 Å². The Morgan fingerprint density at radius 1 is 0.881 bits per heavy atom. The lowest BCUT2D eigenvalue weighted by Crippen LogP contribution is -2.34. The first kappa shape index (κ1) is 26.7. The number of anilines is 2. The van der Waals surface area contributed by atoms with Gasteiger partial charge in [-0.05, 0) is 67.5 Å². The fourth-order valence-electron chi connectivity index (χ4n) is 6.80. The number of pyridine rings is 1. The number of hydrogen-bond acceptors (Lipinski definition) is 6. The summed E-state index contributed by atoms with van der Waals surface area (Å²) >= 11 is 0. The summed E-state index contributed by atoms with van der Waals surface area (Å²) in [4.78, 5) is 26.2. The minimum atomic E-state index is 0.520. The number of benzene rings is 1. The van der Waals surface area contributed by atoms with Crippen molar-refractivity contribution in [2.24, 2.45) is 0 Å². The quantitative estimate of drug-likeness (QED) is 0.246. The van der Waals surface area contributed by atoms with Crippen LogP contribution >= 0.6 is 0 Å². The van der Waals surface area contributed by atoms with Crippen LogP contribution in [0.25, 0.3) is 33.5 Å². The van der Waals surface area contributed by atoms with Gasteiger partial charge in [-0.25, -0.2) is 15.0 Å². The van der Waals surface area contributed by atoms with E-state index in [1.54, 1.807) is 6.33 Å². The Morgan fingerprint density at radius 2 is 1.74 bits per heavy atom. The van der Waals surface area contributed by atoms with Gasteiger partial charge in [0, 0.05) is 67.5 Å². The van der Waals surface area contributed by atoms with Crippen molar-refractivity contribution < 1.29 is 4.74 Å². The van der Waals surface area contributed by atoms with Crippen molar-refractivity contribution >= 4 is 22.7 Å². The molecule has 0 bridgehead atoms. The average molecular weight is 562 g/mol. The zero-order valence-corrected chi connectivity index (χ0v) is 24.6. The Bertz CT molecular complexity index is 1660. The van der Waals surface area contributed by atoms with Gasteiger partial charge in [0.1, 0.15) is 23.6 Å². The van der Waals surface area contributed by atoms with Gasteiger partial charge in [-0.1, -0.05) is 37.3 Å². The molecule has 1 aromatic carbocycles. The van der Waals surface area contributed by atoms with Crippen molar-refractivity contribution in [2.75, 3.05) is 49.2 Å². The van der Waals surface area contributed by atoms with Gasteiger partial charge in [0.15, 0.2) is 0 Å². The third-order valence-electron chi connectivity index (χ3n) is 9.04. The number of aromatic nitrogens is 5. The Hall–Kier alpha value is -4.17. The smallest absolute Gasteiger partial charge is 0.143 e. The summed E-state index contributed by atoms with van der Waals surface area (Å²) in [5, 5.41) is 1.07. The summed E-state index contributed by atoms with van der Waals surface area (Å²) in [7, 11) is 0. The second-order valence-corrected chi connectivity index (χ2v) is 11.5. The fraction of sp³-hybridized carbons (Fsp3) is 0.382. The molecule has 42 heavy (non-hydrogen) atoms. The van der Waals surface area contributed by atoms with Crippen molar-refractivity contribution in [1.29, 1.82) is 0 Å². The monoisotopic (exact) mass is 561 g/mol. The lowest BCUT2D eigenvalue weighted by molar-refractivity contribution is 0.152. The highest BCUT2D eigenvalue weighted by molar-refractivity contribution is 5.92. The Morgan fingerprint density at radius 3 is 2.57 bits per heavy atom. The van der Waals surface area contributed by atoms with E-state index >= 15 is 0 Å². The van der Waals surface area contributed by atoms with Crippen molar-refractivity contribution in [2.45, 2.75) is 45.4 Å². The number of H-pyrrole nitrogens is 2. The second kappa shape index (κ2) is 11.6. The zero-order chi connectivity index (χ0) is 28.5. The zero-order valence-electron chi connectivity index (χ0n) is 24.6. The molecule has 6 heterocycles. The first-order valence-corrected chi connectivity index (χ1v) is 15.3. The van der Waals surface area contributed by atoms with Crippen LogP contribution in [-0.4, -0.2) is 64.3 Å². The van der Waals surface area contributed by atoms with Crippen LogP contribution in [0.15, 0.2) is 61.1 Å². The molecule has 0 radical (unpaired) electrons. The van der Waals surface area contributed by atoms with Crippen LogP contribution in [0.4, 0.5) is 11.6 Å². The van der Waals surface area contributed by atoms with Crippen molar-refractivity contribution in [1.82, 2.24) is 24.9 Å². The van der Waals surface area contributed by atoms with E-state index < -0.39 is 0 Å². The maximum Gasteiger partial charge on any atom is 0.143 e. The molecule has 2 saturated heterocycles. The third kappa shape index (κ3) is 5.04. The normalized spacial score (nSPS) is 16.7. The SMILES string of the molecule is CCc1c(C2CCN(c3ncnc4[nH]c(-c5ccnc(N6CCCOCC6)c5)cc34)CC2)[nH]c(-c2ccccc2)c1C. The van der Waals surface area contributed by atoms with Gasteiger partial charge >= 0.3 is 0 Å². The molecule has 8 heteroatoms. The predicted octanol–water partition coefficient (Wildman–Crippen LogP) is 6.50. The lowest BCUT2D eigenvalue weighted by atomic mass is 9.89. The van der Waals surface area contributed by atoms with Crippen LogP contribution in [0.2, 0.25) is 0 Å². The fourth-order valence-corrected chi connectivity index (χ4v) is 6.80. The van der Waals surface area contributed by atoms with Crippen molar-refractivity contribution in [3.63, 3.8) is 0 Å². The molecule has 5 aromatic rings. The van der Waals surface area contributed by atoms with Gasteiger partial charge in [-0.3, -0.25) is 0 Å². The van der Waals surface area contributed by atoms with Gasteiger partial charge in [-0.2, -0.15) is 0 Å². The Balaban J connectivity index is 1.11. The first-order chi connectivity index (χ1) is 20.7. The highest BCUT2D eigenvalue weighted by Gasteiger charge is 2.27. The molecule has 2 aliphatic heterocycles. The van der Waals surface area contributed by atoms with Gasteiger partial charge in [0.2, 0.25) is 0 Å². The molecule has 0 amide bonds. The Kier molecular flexibility index (Phi) is 7.38. The van der Waals surface area contributed by atoms with E-state index in [1.165, 1.54) is 28.1 Å². The minimum Gasteiger partial charge on any atom is -0.380 e. The van der Waals surface area contributed by atoms with Crippen LogP contribution in [-0.2, 0) is 11.2 Å². The minimum absolute atomic E-state index is 0.520. The van der Waals surface area contributed by atoms with Gasteiger partial charge in [0.25, 0.3) is 0 Å². The molecule has 0 atom stereocenters. The van der Waals surface area contributed by atoms with Crippen molar-refractivity contribution in [3.05, 3.63) is 77.9 Å². The van der Waals surface area contributed by atoms with Crippen LogP contribution in [0.5, 0.6) is 0 Å². The average Bonchev–Trinajstić information content (AvgIpc) is 3.51. The van der Waals surface area contributed by atoms with E-state index in [0.29, 0.717) is 5.92 Å². The number of nitrogens with one attached hydrogen (secondary N) is 2. The maximum absolute atomic E-state index is 5.64. The highest BCUT2D eigenvalue weighted by atomic mass is 16.5. The molecule has 2 aliphatic rings. The largest absolute Gasteiger partial charge is 0.380 e. The van der Waals surface area contributed by atoms with Crippen LogP contribution in [0.1, 0.15) is 48.9 Å². The standard InChI is InChI=1S/C34H39N7O/c1-3-27-23(2)31(24-8-5-4-6-9-24)39-32(27)25-11-15-41(16-12-25)34-28-21-29(38-33(28)36-22-37-34)26-10-13-35-30(20-26)40-14-7-18-42-19-17-40/h4-6,8-10,13,20-22,25,39H,3,7,11-12,14-19H2,1-2H3,(H,36,37,38). The number of aromatic amines is 2. The number of ether oxygens (including phenoxy) is 1. The van der Waals surface area contributed by atoms with E-state index in [4.69, 9.17) is 9.72 Å². The molecule has 2 fully saturated rings. The van der Waals surface area contributed by atoms with Crippen molar-refractivity contribution in [3.8, 4) is 22.5 Å². The van der Waals surface area contributed by atoms with Gasteiger partial charge < -0.3 is 24.5 Å². The number of nitrogens with zero attached hydrogens (tertiary/aromatic N) is 5. The summed E-state index contributed by atoms with van der Waals surface area (Å²) in [6.07, 6.45) is 7.84. The van der Waals surface area contributed by atoms with Gasteiger partial charge in [-0.15, -0.1) is 0 Å². The summed E-state index contributed by atoms with van der Waals surface area (Å²) in [5.41, 5.74) is 9.86. The number of hydrogen-bond donors (Lipinski definition) is 2. The van der Waals surface area contributed by atoms with E-state index in [2.05, 4.69) is 92.1 Å². The summed E-state index contributed by atoms with van der Waals surface area (Å²) in [6.45, 7) is 9.87. The molecule has 8 nitrogen and oxygen atoms in total. The summed E-state index contributed by atoms with van der Waals surface area (Å²) < 4.78 is 5.64. The molecule has 0 aliphatic carbocycles. The molecular weight excluding hydrogens is 522 g/mol. The Labute approximate surface area is 247 Å². The van der Waals surface area contributed by atoms with Crippen LogP contribution in [0, 0.1) is 6.92 Å². The van der Waals surface area contributed by atoms with E-state index in [1.807, 2.05) is 6.20 Å². The molecule has 0 saturated carbocycles. The number of rotatable bonds is 6. The summed E-state index contributed by atoms with van der Waals surface area (Å²) in [6, 6.07) is 17.2. The van der Waals surface area contributed by atoms with E-state index in [9.17, 15) is 0 Å². The summed E-state index contributed by atoms with van der Waals surface area (Å²) in [5.74, 6) is 2.53. The molecule has 7 rings (SSSR count).